The fraction of sp³-hybridized carbons (Fsp3) is 0.467. The molecule has 1 aliphatic rings. The third-order valence-electron chi connectivity index (χ3n) is 4.25. The Labute approximate surface area is 150 Å². The quantitative estimate of drug-likeness (QED) is 0.601. The van der Waals surface area contributed by atoms with Crippen LogP contribution in [0.15, 0.2) is 12.1 Å². The zero-order chi connectivity index (χ0) is 20.5. The fourth-order valence-electron chi connectivity index (χ4n) is 2.94. The molecular formula is C15H15F3N2O7. The van der Waals surface area contributed by atoms with Crippen LogP contribution >= 0.6 is 0 Å². The van der Waals surface area contributed by atoms with Gasteiger partial charge in [-0.25, -0.2) is 0 Å². The molecule has 0 aliphatic carbocycles. The average molecular weight is 392 g/mol. The number of amides is 1. The number of alkyl halides is 3. The molecule has 1 heterocycles. The topological polar surface area (TPSA) is 119 Å². The lowest BCUT2D eigenvalue weighted by molar-refractivity contribution is -0.385. The third kappa shape index (κ3) is 3.88. The van der Waals surface area contributed by atoms with Gasteiger partial charge < -0.3 is 19.5 Å². The molecule has 1 N–H and O–H groups in total. The molecule has 1 aliphatic heterocycles. The van der Waals surface area contributed by atoms with Crippen LogP contribution in [0, 0.1) is 22.0 Å². The predicted octanol–water partition coefficient (Wildman–Crippen LogP) is 1.95. The van der Waals surface area contributed by atoms with Crippen molar-refractivity contribution in [2.24, 2.45) is 11.8 Å². The van der Waals surface area contributed by atoms with Crippen LogP contribution in [0.25, 0.3) is 0 Å². The van der Waals surface area contributed by atoms with Gasteiger partial charge in [-0.05, 0) is 6.07 Å². The van der Waals surface area contributed by atoms with Crippen LogP contribution in [0.4, 0.5) is 18.9 Å². The maximum absolute atomic E-state index is 13.1. The molecule has 0 saturated carbocycles. The van der Waals surface area contributed by atoms with E-state index >= 15 is 0 Å². The molecule has 0 aromatic heterocycles. The second-order valence-electron chi connectivity index (χ2n) is 5.79. The molecule has 1 aromatic carbocycles. The lowest BCUT2D eigenvalue weighted by Crippen LogP contribution is -2.34. The van der Waals surface area contributed by atoms with Crippen molar-refractivity contribution in [2.45, 2.75) is 6.18 Å². The van der Waals surface area contributed by atoms with Gasteiger partial charge in [-0.2, -0.15) is 13.2 Å². The predicted molar refractivity (Wildman–Crippen MR) is 82.8 cm³/mol. The smallest absolute Gasteiger partial charge is 0.394 e. The fourth-order valence-corrected chi connectivity index (χ4v) is 2.94. The van der Waals surface area contributed by atoms with Crippen LogP contribution in [-0.4, -0.2) is 60.3 Å². The van der Waals surface area contributed by atoms with E-state index in [4.69, 9.17) is 14.6 Å². The summed E-state index contributed by atoms with van der Waals surface area (Å²) in [6.07, 6.45) is -4.80. The van der Waals surface area contributed by atoms with Crippen molar-refractivity contribution in [2.75, 3.05) is 27.3 Å². The number of nitro benzene ring substituents is 1. The van der Waals surface area contributed by atoms with Gasteiger partial charge in [-0.15, -0.1) is 0 Å². The van der Waals surface area contributed by atoms with Crippen molar-refractivity contribution >= 4 is 17.6 Å². The van der Waals surface area contributed by atoms with Gasteiger partial charge in [0.15, 0.2) is 5.75 Å². The van der Waals surface area contributed by atoms with Gasteiger partial charge in [0.25, 0.3) is 5.91 Å². The molecule has 1 aromatic rings. The summed E-state index contributed by atoms with van der Waals surface area (Å²) < 4.78 is 49.0. The summed E-state index contributed by atoms with van der Waals surface area (Å²) in [4.78, 5) is 34.8. The summed E-state index contributed by atoms with van der Waals surface area (Å²) in [5.41, 5.74) is -0.923. The van der Waals surface area contributed by atoms with Crippen molar-refractivity contribution in [1.82, 2.24) is 4.90 Å². The van der Waals surface area contributed by atoms with E-state index in [1.807, 2.05) is 0 Å². The highest BCUT2D eigenvalue weighted by atomic mass is 19.4. The van der Waals surface area contributed by atoms with Crippen molar-refractivity contribution in [3.05, 3.63) is 27.8 Å². The number of aliphatic carboxylic acids is 1. The normalized spacial score (nSPS) is 19.7. The van der Waals surface area contributed by atoms with Gasteiger partial charge in [0, 0.05) is 19.2 Å². The molecule has 148 valence electrons. The molecule has 0 unspecified atom stereocenters. The second kappa shape index (κ2) is 7.29. The molecule has 1 fully saturated rings. The first-order chi connectivity index (χ1) is 12.5. The average Bonchev–Trinajstić information content (AvgIpc) is 3.05. The lowest BCUT2D eigenvalue weighted by atomic mass is 9.96. The van der Waals surface area contributed by atoms with Crippen molar-refractivity contribution in [3.8, 4) is 11.5 Å². The molecule has 0 bridgehead atoms. The first-order valence-corrected chi connectivity index (χ1v) is 7.50. The number of hydrogen-bond acceptors (Lipinski definition) is 6. The largest absolute Gasteiger partial charge is 0.493 e. The number of ether oxygens (including phenoxy) is 2. The number of benzene rings is 1. The standard InChI is InChI=1S/C15H15F3N2O7/c1-26-11-4-7(3-10(20(24)25)12(11)27-2)13(21)19-5-8(14(22)23)9(6-19)15(16,17)18/h3-4,8-9H,5-6H2,1-2H3,(H,22,23)/t8-,9-/m1/s1. The third-order valence-corrected chi connectivity index (χ3v) is 4.25. The molecule has 1 amide bonds. The number of carbonyl (C=O) groups is 2. The summed E-state index contributed by atoms with van der Waals surface area (Å²) in [5.74, 6) is -7.10. The highest BCUT2D eigenvalue weighted by molar-refractivity contribution is 5.96. The van der Waals surface area contributed by atoms with Crippen LogP contribution in [-0.2, 0) is 4.79 Å². The van der Waals surface area contributed by atoms with E-state index in [1.54, 1.807) is 0 Å². The maximum atomic E-state index is 13.1. The number of carboxylic acid groups (broad SMARTS) is 1. The number of methoxy groups -OCH3 is 2. The zero-order valence-electron chi connectivity index (χ0n) is 14.1. The van der Waals surface area contributed by atoms with Gasteiger partial charge in [-0.1, -0.05) is 0 Å². The number of carbonyl (C=O) groups excluding carboxylic acids is 1. The molecule has 1 saturated heterocycles. The van der Waals surface area contributed by atoms with Crippen molar-refractivity contribution in [1.29, 1.82) is 0 Å². The first kappa shape index (κ1) is 20.3. The number of hydrogen-bond donors (Lipinski definition) is 1. The Morgan fingerprint density at radius 1 is 1.26 bits per heavy atom. The summed E-state index contributed by atoms with van der Waals surface area (Å²) in [6, 6.07) is 1.94. The number of likely N-dealkylation sites (tertiary alicyclic amines) is 1. The Kier molecular flexibility index (Phi) is 5.47. The Bertz CT molecular complexity index is 781. The van der Waals surface area contributed by atoms with Crippen LogP contribution in [0.3, 0.4) is 0 Å². The molecule has 27 heavy (non-hydrogen) atoms. The van der Waals surface area contributed by atoms with Crippen LogP contribution in [0.5, 0.6) is 11.5 Å². The number of rotatable bonds is 5. The summed E-state index contributed by atoms with van der Waals surface area (Å²) in [6.45, 7) is -1.53. The van der Waals surface area contributed by atoms with Gasteiger partial charge in [0.05, 0.1) is 36.5 Å². The number of nitrogens with zero attached hydrogens (tertiary/aromatic N) is 2. The van der Waals surface area contributed by atoms with Gasteiger partial charge in [-0.3, -0.25) is 19.7 Å². The molecular weight excluding hydrogens is 377 g/mol. The molecule has 12 heteroatoms. The minimum Gasteiger partial charge on any atom is -0.493 e. The number of nitro groups is 1. The SMILES string of the molecule is COc1cc(C(=O)N2C[C@@H](C(F)(F)F)[C@H](C(=O)O)C2)cc([N+](=O)[O-])c1OC. The number of carboxylic acids is 1. The minimum absolute atomic E-state index is 0.156. The summed E-state index contributed by atoms with van der Waals surface area (Å²) >= 11 is 0. The minimum atomic E-state index is -4.80. The van der Waals surface area contributed by atoms with E-state index in [0.717, 1.165) is 19.2 Å². The first-order valence-electron chi connectivity index (χ1n) is 7.50. The Hall–Kier alpha value is -3.05. The van der Waals surface area contributed by atoms with Crippen LogP contribution in [0.2, 0.25) is 0 Å². The van der Waals surface area contributed by atoms with Crippen molar-refractivity contribution in [3.63, 3.8) is 0 Å². The molecule has 0 spiro atoms. The monoisotopic (exact) mass is 392 g/mol. The van der Waals surface area contributed by atoms with Crippen molar-refractivity contribution < 1.29 is 42.3 Å². The summed E-state index contributed by atoms with van der Waals surface area (Å²) in [5, 5.41) is 20.2. The van der Waals surface area contributed by atoms with E-state index < -0.39 is 53.6 Å². The molecule has 9 nitrogen and oxygen atoms in total. The maximum Gasteiger partial charge on any atom is 0.394 e. The van der Waals surface area contributed by atoms with Crippen LogP contribution in [0.1, 0.15) is 10.4 Å². The van der Waals surface area contributed by atoms with E-state index in [9.17, 15) is 32.9 Å². The van der Waals surface area contributed by atoms with Gasteiger partial charge in [0.2, 0.25) is 5.75 Å². The Morgan fingerprint density at radius 2 is 1.89 bits per heavy atom. The zero-order valence-corrected chi connectivity index (χ0v) is 14.1. The Balaban J connectivity index is 2.42. The number of halogens is 3. The molecule has 2 atom stereocenters. The van der Waals surface area contributed by atoms with E-state index in [2.05, 4.69) is 0 Å². The van der Waals surface area contributed by atoms with Gasteiger partial charge in [0.1, 0.15) is 0 Å². The summed E-state index contributed by atoms with van der Waals surface area (Å²) in [7, 11) is 2.32. The molecule has 0 radical (unpaired) electrons. The van der Waals surface area contributed by atoms with Gasteiger partial charge >= 0.3 is 17.8 Å². The second-order valence-corrected chi connectivity index (χ2v) is 5.79. The Morgan fingerprint density at radius 3 is 2.30 bits per heavy atom. The highest BCUT2D eigenvalue weighted by Crippen LogP contribution is 2.41. The highest BCUT2D eigenvalue weighted by Gasteiger charge is 2.53. The van der Waals surface area contributed by atoms with E-state index in [1.165, 1.54) is 7.11 Å². The molecule has 2 rings (SSSR count). The van der Waals surface area contributed by atoms with Crippen LogP contribution < -0.4 is 9.47 Å². The van der Waals surface area contributed by atoms with E-state index in [-0.39, 0.29) is 17.1 Å². The van der Waals surface area contributed by atoms with E-state index in [0.29, 0.717) is 4.90 Å². The lowest BCUT2D eigenvalue weighted by Gasteiger charge is -2.19.